The van der Waals surface area contributed by atoms with Gasteiger partial charge < -0.3 is 4.90 Å². The summed E-state index contributed by atoms with van der Waals surface area (Å²) in [6.07, 6.45) is -4.58. The number of anilines is 1. The van der Waals surface area contributed by atoms with Crippen LogP contribution in [0.1, 0.15) is 18.1 Å². The standard InChI is InChI=1S/C19H21F3N2O2S/c1-14-5-3-7-17(11-14)24-10-9-23(13-15(24)2)27(25,26)18-8-4-6-16(12-18)19(20,21)22/h3-8,11-12,15H,9-10,13H2,1-2H3. The van der Waals surface area contributed by atoms with E-state index in [4.69, 9.17) is 0 Å². The molecule has 8 heteroatoms. The summed E-state index contributed by atoms with van der Waals surface area (Å²) < 4.78 is 65.7. The third kappa shape index (κ3) is 4.11. The zero-order valence-electron chi connectivity index (χ0n) is 15.1. The van der Waals surface area contributed by atoms with E-state index in [1.807, 2.05) is 38.1 Å². The minimum Gasteiger partial charge on any atom is -0.366 e. The van der Waals surface area contributed by atoms with Crippen LogP contribution in [0.15, 0.2) is 53.4 Å². The van der Waals surface area contributed by atoms with Gasteiger partial charge in [-0.05, 0) is 49.7 Å². The normalized spacial score (nSPS) is 19.3. The van der Waals surface area contributed by atoms with Gasteiger partial charge in [-0.3, -0.25) is 0 Å². The third-order valence-corrected chi connectivity index (χ3v) is 6.58. The summed E-state index contributed by atoms with van der Waals surface area (Å²) in [6, 6.07) is 11.8. The smallest absolute Gasteiger partial charge is 0.366 e. The van der Waals surface area contributed by atoms with Crippen LogP contribution in [0.5, 0.6) is 0 Å². The zero-order chi connectivity index (χ0) is 19.8. The Labute approximate surface area is 157 Å². The van der Waals surface area contributed by atoms with E-state index in [0.29, 0.717) is 12.6 Å². The molecule has 1 fully saturated rings. The van der Waals surface area contributed by atoms with Gasteiger partial charge in [0.15, 0.2) is 0 Å². The monoisotopic (exact) mass is 398 g/mol. The van der Waals surface area contributed by atoms with Gasteiger partial charge in [0.1, 0.15) is 0 Å². The van der Waals surface area contributed by atoms with Crippen LogP contribution in [0.3, 0.4) is 0 Å². The lowest BCUT2D eigenvalue weighted by molar-refractivity contribution is -0.137. The molecule has 1 aliphatic heterocycles. The molecular formula is C19H21F3N2O2S. The first-order chi connectivity index (χ1) is 12.6. The Hall–Kier alpha value is -2.06. The second kappa shape index (κ2) is 7.16. The third-order valence-electron chi connectivity index (χ3n) is 4.72. The number of piperazine rings is 1. The van der Waals surface area contributed by atoms with Crippen molar-refractivity contribution in [3.05, 3.63) is 59.7 Å². The quantitative estimate of drug-likeness (QED) is 0.787. The van der Waals surface area contributed by atoms with Gasteiger partial charge in [-0.25, -0.2) is 8.42 Å². The van der Waals surface area contributed by atoms with Gasteiger partial charge in [0.2, 0.25) is 10.0 Å². The number of alkyl halides is 3. The number of hydrogen-bond donors (Lipinski definition) is 0. The van der Waals surface area contributed by atoms with Crippen LogP contribution in [0.25, 0.3) is 0 Å². The predicted octanol–water partition coefficient (Wildman–Crippen LogP) is 3.91. The van der Waals surface area contributed by atoms with E-state index < -0.39 is 21.8 Å². The van der Waals surface area contributed by atoms with Crippen molar-refractivity contribution in [1.29, 1.82) is 0 Å². The van der Waals surface area contributed by atoms with E-state index in [0.717, 1.165) is 23.4 Å². The number of aryl methyl sites for hydroxylation is 1. The minimum atomic E-state index is -4.58. The number of halogens is 3. The Bertz CT molecular complexity index is 929. The molecule has 146 valence electrons. The van der Waals surface area contributed by atoms with Crippen molar-refractivity contribution in [1.82, 2.24) is 4.31 Å². The lowest BCUT2D eigenvalue weighted by Crippen LogP contribution is -2.53. The molecule has 0 saturated carbocycles. The topological polar surface area (TPSA) is 40.6 Å². The van der Waals surface area contributed by atoms with E-state index in [1.165, 1.54) is 10.4 Å². The molecule has 0 N–H and O–H groups in total. The molecule has 0 bridgehead atoms. The Kier molecular flexibility index (Phi) is 5.22. The molecule has 3 rings (SSSR count). The van der Waals surface area contributed by atoms with Crippen molar-refractivity contribution in [3.63, 3.8) is 0 Å². The average Bonchev–Trinajstić information content (AvgIpc) is 2.61. The van der Waals surface area contributed by atoms with Gasteiger partial charge in [-0.15, -0.1) is 0 Å². The summed E-state index contributed by atoms with van der Waals surface area (Å²) in [5, 5.41) is 0. The van der Waals surface area contributed by atoms with Gasteiger partial charge in [0.05, 0.1) is 10.5 Å². The van der Waals surface area contributed by atoms with E-state index in [1.54, 1.807) is 0 Å². The van der Waals surface area contributed by atoms with E-state index in [2.05, 4.69) is 4.90 Å². The molecule has 1 heterocycles. The molecule has 0 amide bonds. The number of nitrogens with zero attached hydrogens (tertiary/aromatic N) is 2. The first-order valence-corrected chi connectivity index (χ1v) is 10.0. The lowest BCUT2D eigenvalue weighted by Gasteiger charge is -2.40. The minimum absolute atomic E-state index is 0.0962. The van der Waals surface area contributed by atoms with Crippen molar-refractivity contribution in [2.45, 2.75) is 31.0 Å². The second-order valence-corrected chi connectivity index (χ2v) is 8.71. The summed E-state index contributed by atoms with van der Waals surface area (Å²) in [4.78, 5) is 1.79. The van der Waals surface area contributed by atoms with Gasteiger partial charge in [0, 0.05) is 31.4 Å². The lowest BCUT2D eigenvalue weighted by atomic mass is 10.1. The van der Waals surface area contributed by atoms with Crippen LogP contribution >= 0.6 is 0 Å². The number of benzene rings is 2. The molecule has 2 aromatic carbocycles. The fourth-order valence-electron chi connectivity index (χ4n) is 3.31. The van der Waals surface area contributed by atoms with Crippen LogP contribution in [-0.4, -0.2) is 38.4 Å². The van der Waals surface area contributed by atoms with E-state index in [9.17, 15) is 21.6 Å². The van der Waals surface area contributed by atoms with Crippen LogP contribution in [0.4, 0.5) is 18.9 Å². The molecule has 0 aliphatic carbocycles. The van der Waals surface area contributed by atoms with Crippen LogP contribution in [0.2, 0.25) is 0 Å². The summed E-state index contributed by atoms with van der Waals surface area (Å²) in [6.45, 7) is 4.81. The predicted molar refractivity (Wildman–Crippen MR) is 98.2 cm³/mol. The molecule has 4 nitrogen and oxygen atoms in total. The van der Waals surface area contributed by atoms with Crippen molar-refractivity contribution in [3.8, 4) is 0 Å². The maximum atomic E-state index is 12.9. The Morgan fingerprint density at radius 2 is 1.74 bits per heavy atom. The number of sulfonamides is 1. The first kappa shape index (κ1) is 19.7. The highest BCUT2D eigenvalue weighted by molar-refractivity contribution is 7.89. The molecule has 0 aromatic heterocycles. The number of hydrogen-bond acceptors (Lipinski definition) is 3. The highest BCUT2D eigenvalue weighted by Crippen LogP contribution is 2.32. The zero-order valence-corrected chi connectivity index (χ0v) is 15.9. The van der Waals surface area contributed by atoms with Crippen LogP contribution in [-0.2, 0) is 16.2 Å². The fourth-order valence-corrected chi connectivity index (χ4v) is 4.87. The highest BCUT2D eigenvalue weighted by atomic mass is 32.2. The molecule has 1 aliphatic rings. The first-order valence-electron chi connectivity index (χ1n) is 8.60. The van der Waals surface area contributed by atoms with Crippen molar-refractivity contribution in [2.75, 3.05) is 24.5 Å². The summed E-state index contributed by atoms with van der Waals surface area (Å²) >= 11 is 0. The SMILES string of the molecule is Cc1cccc(N2CCN(S(=O)(=O)c3cccc(C(F)(F)F)c3)CC2C)c1. The Morgan fingerprint density at radius 1 is 1.04 bits per heavy atom. The van der Waals surface area contributed by atoms with Crippen LogP contribution < -0.4 is 4.90 Å². The van der Waals surface area contributed by atoms with Gasteiger partial charge >= 0.3 is 6.18 Å². The molecule has 1 unspecified atom stereocenters. The molecule has 2 aromatic rings. The fraction of sp³-hybridized carbons (Fsp3) is 0.368. The van der Waals surface area contributed by atoms with Crippen molar-refractivity contribution >= 4 is 15.7 Å². The molecule has 1 saturated heterocycles. The van der Waals surface area contributed by atoms with E-state index >= 15 is 0 Å². The molecule has 1 atom stereocenters. The summed E-state index contributed by atoms with van der Waals surface area (Å²) in [5.41, 5.74) is 1.16. The van der Waals surface area contributed by atoms with E-state index in [-0.39, 0.29) is 24.0 Å². The van der Waals surface area contributed by atoms with Crippen molar-refractivity contribution in [2.24, 2.45) is 0 Å². The highest BCUT2D eigenvalue weighted by Gasteiger charge is 2.35. The summed E-state index contributed by atoms with van der Waals surface area (Å²) in [5.74, 6) is 0. The second-order valence-electron chi connectivity index (χ2n) is 6.77. The van der Waals surface area contributed by atoms with Crippen molar-refractivity contribution < 1.29 is 21.6 Å². The van der Waals surface area contributed by atoms with Gasteiger partial charge in [0.25, 0.3) is 0 Å². The number of rotatable bonds is 3. The molecule has 0 radical (unpaired) electrons. The maximum Gasteiger partial charge on any atom is 0.416 e. The van der Waals surface area contributed by atoms with Gasteiger partial charge in [-0.1, -0.05) is 18.2 Å². The largest absolute Gasteiger partial charge is 0.416 e. The summed E-state index contributed by atoms with van der Waals surface area (Å²) in [7, 11) is -3.98. The average molecular weight is 398 g/mol. The molecular weight excluding hydrogens is 377 g/mol. The Balaban J connectivity index is 1.82. The molecule has 27 heavy (non-hydrogen) atoms. The van der Waals surface area contributed by atoms with Gasteiger partial charge in [-0.2, -0.15) is 17.5 Å². The maximum absolute atomic E-state index is 12.9. The van der Waals surface area contributed by atoms with Crippen LogP contribution in [0, 0.1) is 6.92 Å². The Morgan fingerprint density at radius 3 is 2.37 bits per heavy atom. The molecule has 0 spiro atoms.